The van der Waals surface area contributed by atoms with Gasteiger partial charge in [0, 0.05) is 30.5 Å². The Hall–Kier alpha value is -1.00. The molecule has 0 aliphatic carbocycles. The second kappa shape index (κ2) is 7.70. The standard InChI is InChI=1S/C16H29N3O/c1-12-14(8-7-9-17-10-11-20-6)13(2)19-15(18-12)16(3,4)5/h17H,7-11H2,1-6H3. The third kappa shape index (κ3) is 5.17. The Kier molecular flexibility index (Phi) is 6.56. The van der Waals surface area contributed by atoms with E-state index < -0.39 is 0 Å². The van der Waals surface area contributed by atoms with Gasteiger partial charge in [0.15, 0.2) is 0 Å². The van der Waals surface area contributed by atoms with Gasteiger partial charge in [-0.2, -0.15) is 0 Å². The molecule has 0 amide bonds. The predicted molar refractivity (Wildman–Crippen MR) is 83.3 cm³/mol. The van der Waals surface area contributed by atoms with E-state index in [1.165, 1.54) is 5.56 Å². The molecule has 0 bridgehead atoms. The van der Waals surface area contributed by atoms with E-state index in [0.717, 1.165) is 49.8 Å². The van der Waals surface area contributed by atoms with Gasteiger partial charge in [-0.05, 0) is 38.8 Å². The van der Waals surface area contributed by atoms with Crippen LogP contribution in [-0.2, 0) is 16.6 Å². The fourth-order valence-corrected chi connectivity index (χ4v) is 2.13. The van der Waals surface area contributed by atoms with Crippen LogP contribution in [0.25, 0.3) is 0 Å². The maximum Gasteiger partial charge on any atom is 0.134 e. The third-order valence-corrected chi connectivity index (χ3v) is 3.35. The summed E-state index contributed by atoms with van der Waals surface area (Å²) in [7, 11) is 1.72. The number of nitrogens with zero attached hydrogens (tertiary/aromatic N) is 2. The minimum atomic E-state index is 0.00968. The SMILES string of the molecule is COCCNCCCc1c(C)nc(C(C)(C)C)nc1C. The molecule has 0 saturated heterocycles. The van der Waals surface area contributed by atoms with Crippen molar-refractivity contribution in [3.05, 3.63) is 22.8 Å². The molecule has 1 aromatic rings. The normalized spacial score (nSPS) is 11.9. The summed E-state index contributed by atoms with van der Waals surface area (Å²) in [5, 5.41) is 3.37. The van der Waals surface area contributed by atoms with Gasteiger partial charge in [0.2, 0.25) is 0 Å². The van der Waals surface area contributed by atoms with Crippen molar-refractivity contribution in [1.29, 1.82) is 0 Å². The molecule has 1 rings (SSSR count). The molecular weight excluding hydrogens is 250 g/mol. The zero-order chi connectivity index (χ0) is 15.2. The quantitative estimate of drug-likeness (QED) is 0.779. The fraction of sp³-hybridized carbons (Fsp3) is 0.750. The number of ether oxygens (including phenoxy) is 1. The van der Waals surface area contributed by atoms with E-state index in [0.29, 0.717) is 0 Å². The van der Waals surface area contributed by atoms with Crippen LogP contribution in [0.4, 0.5) is 0 Å². The van der Waals surface area contributed by atoms with Gasteiger partial charge in [-0.25, -0.2) is 9.97 Å². The van der Waals surface area contributed by atoms with E-state index in [4.69, 9.17) is 4.74 Å². The molecule has 0 unspecified atom stereocenters. The second-order valence-corrected chi connectivity index (χ2v) is 6.29. The van der Waals surface area contributed by atoms with Gasteiger partial charge >= 0.3 is 0 Å². The maximum absolute atomic E-state index is 5.01. The van der Waals surface area contributed by atoms with Gasteiger partial charge < -0.3 is 10.1 Å². The highest BCUT2D eigenvalue weighted by molar-refractivity contribution is 5.26. The van der Waals surface area contributed by atoms with E-state index in [1.807, 2.05) is 0 Å². The van der Waals surface area contributed by atoms with Crippen LogP contribution < -0.4 is 5.32 Å². The van der Waals surface area contributed by atoms with Crippen LogP contribution >= 0.6 is 0 Å². The largest absolute Gasteiger partial charge is 0.383 e. The summed E-state index contributed by atoms with van der Waals surface area (Å²) in [5.41, 5.74) is 3.56. The van der Waals surface area contributed by atoms with Gasteiger partial charge in [-0.1, -0.05) is 20.8 Å². The van der Waals surface area contributed by atoms with E-state index in [1.54, 1.807) is 7.11 Å². The molecular formula is C16H29N3O. The lowest BCUT2D eigenvalue weighted by Crippen LogP contribution is -2.21. The van der Waals surface area contributed by atoms with Crippen LogP contribution in [0.3, 0.4) is 0 Å². The van der Waals surface area contributed by atoms with Gasteiger partial charge in [-0.15, -0.1) is 0 Å². The lowest BCUT2D eigenvalue weighted by molar-refractivity contribution is 0.199. The van der Waals surface area contributed by atoms with Crippen LogP contribution in [-0.4, -0.2) is 36.8 Å². The monoisotopic (exact) mass is 279 g/mol. The highest BCUT2D eigenvalue weighted by Crippen LogP contribution is 2.21. The topological polar surface area (TPSA) is 47.0 Å². The highest BCUT2D eigenvalue weighted by atomic mass is 16.5. The van der Waals surface area contributed by atoms with E-state index in [9.17, 15) is 0 Å². The van der Waals surface area contributed by atoms with Crippen molar-refractivity contribution in [2.45, 2.75) is 52.9 Å². The number of aryl methyl sites for hydroxylation is 2. The summed E-state index contributed by atoms with van der Waals surface area (Å²) in [6.07, 6.45) is 2.13. The van der Waals surface area contributed by atoms with Crippen LogP contribution in [0.5, 0.6) is 0 Å². The van der Waals surface area contributed by atoms with Crippen molar-refractivity contribution in [1.82, 2.24) is 15.3 Å². The first kappa shape index (κ1) is 17.1. The number of aromatic nitrogens is 2. The first-order valence-electron chi connectivity index (χ1n) is 7.40. The highest BCUT2D eigenvalue weighted by Gasteiger charge is 2.19. The van der Waals surface area contributed by atoms with E-state index in [2.05, 4.69) is 49.9 Å². The molecule has 1 aromatic heterocycles. The van der Waals surface area contributed by atoms with Gasteiger partial charge in [-0.3, -0.25) is 0 Å². The van der Waals surface area contributed by atoms with Gasteiger partial charge in [0.1, 0.15) is 5.82 Å². The molecule has 0 spiro atoms. The number of methoxy groups -OCH3 is 1. The Bertz CT molecular complexity index is 401. The van der Waals surface area contributed by atoms with E-state index in [-0.39, 0.29) is 5.41 Å². The van der Waals surface area contributed by atoms with Crippen LogP contribution in [0.1, 0.15) is 50.0 Å². The number of nitrogens with one attached hydrogen (secondary N) is 1. The van der Waals surface area contributed by atoms with Crippen molar-refractivity contribution in [3.8, 4) is 0 Å². The predicted octanol–water partition coefficient (Wildman–Crippen LogP) is 2.56. The summed E-state index contributed by atoms with van der Waals surface area (Å²) < 4.78 is 5.01. The molecule has 1 heterocycles. The molecule has 0 aromatic carbocycles. The summed E-state index contributed by atoms with van der Waals surface area (Å²) >= 11 is 0. The zero-order valence-electron chi connectivity index (χ0n) is 13.8. The molecule has 4 heteroatoms. The first-order chi connectivity index (χ1) is 9.36. The van der Waals surface area contributed by atoms with Crippen LogP contribution in [0, 0.1) is 13.8 Å². The van der Waals surface area contributed by atoms with Crippen molar-refractivity contribution in [2.24, 2.45) is 0 Å². The molecule has 0 aliphatic heterocycles. The Balaban J connectivity index is 2.59. The molecule has 1 N–H and O–H groups in total. The zero-order valence-corrected chi connectivity index (χ0v) is 13.8. The van der Waals surface area contributed by atoms with Crippen molar-refractivity contribution >= 4 is 0 Å². The van der Waals surface area contributed by atoms with Crippen LogP contribution in [0.2, 0.25) is 0 Å². The number of hydrogen-bond donors (Lipinski definition) is 1. The number of hydrogen-bond acceptors (Lipinski definition) is 4. The summed E-state index contributed by atoms with van der Waals surface area (Å²) in [6, 6.07) is 0. The number of rotatable bonds is 7. The Morgan fingerprint density at radius 3 is 2.15 bits per heavy atom. The molecule has 0 saturated carbocycles. The summed E-state index contributed by atoms with van der Waals surface area (Å²) in [6.45, 7) is 13.3. The van der Waals surface area contributed by atoms with Crippen molar-refractivity contribution in [3.63, 3.8) is 0 Å². The fourth-order valence-electron chi connectivity index (χ4n) is 2.13. The minimum absolute atomic E-state index is 0.00968. The first-order valence-corrected chi connectivity index (χ1v) is 7.40. The maximum atomic E-state index is 5.01. The molecule has 0 aliphatic rings. The van der Waals surface area contributed by atoms with Gasteiger partial charge in [0.25, 0.3) is 0 Å². The smallest absolute Gasteiger partial charge is 0.134 e. The Morgan fingerprint density at radius 2 is 1.65 bits per heavy atom. The average Bonchev–Trinajstić information content (AvgIpc) is 2.34. The average molecular weight is 279 g/mol. The molecule has 0 atom stereocenters. The van der Waals surface area contributed by atoms with Crippen LogP contribution in [0.15, 0.2) is 0 Å². The molecule has 0 radical (unpaired) electrons. The molecule has 20 heavy (non-hydrogen) atoms. The third-order valence-electron chi connectivity index (χ3n) is 3.35. The molecule has 0 fully saturated rings. The lowest BCUT2D eigenvalue weighted by Gasteiger charge is -2.19. The second-order valence-electron chi connectivity index (χ2n) is 6.29. The minimum Gasteiger partial charge on any atom is -0.383 e. The Labute approximate surface area is 123 Å². The van der Waals surface area contributed by atoms with Gasteiger partial charge in [0.05, 0.1) is 6.61 Å². The lowest BCUT2D eigenvalue weighted by atomic mass is 9.94. The summed E-state index contributed by atoms with van der Waals surface area (Å²) in [4.78, 5) is 9.36. The van der Waals surface area contributed by atoms with E-state index >= 15 is 0 Å². The Morgan fingerprint density at radius 1 is 1.05 bits per heavy atom. The summed E-state index contributed by atoms with van der Waals surface area (Å²) in [5.74, 6) is 0.939. The van der Waals surface area contributed by atoms with Crippen molar-refractivity contribution < 1.29 is 4.74 Å². The molecule has 4 nitrogen and oxygen atoms in total. The van der Waals surface area contributed by atoms with Crippen molar-refractivity contribution in [2.75, 3.05) is 26.8 Å². The molecule has 114 valence electrons.